The van der Waals surface area contributed by atoms with Crippen LogP contribution in [0.3, 0.4) is 0 Å². The van der Waals surface area contributed by atoms with E-state index >= 15 is 0 Å². The fourth-order valence-corrected chi connectivity index (χ4v) is 6.91. The van der Waals surface area contributed by atoms with Gasteiger partial charge in [0.25, 0.3) is 5.91 Å². The molecular formula is C37H45N5O2. The first kappa shape index (κ1) is 31.4. The van der Waals surface area contributed by atoms with E-state index in [1.54, 1.807) is 0 Å². The molecule has 0 bridgehead atoms. The number of unbranched alkanes of at least 4 members (excludes halogenated alkanes) is 1. The Labute approximate surface area is 261 Å². The summed E-state index contributed by atoms with van der Waals surface area (Å²) >= 11 is 0. The summed E-state index contributed by atoms with van der Waals surface area (Å²) < 4.78 is 2.29. The van der Waals surface area contributed by atoms with Crippen molar-refractivity contribution < 1.29 is 9.59 Å². The number of likely N-dealkylation sites (tertiary alicyclic amines) is 1. The van der Waals surface area contributed by atoms with Crippen molar-refractivity contribution in [3.8, 4) is 0 Å². The zero-order valence-electron chi connectivity index (χ0n) is 25.6. The molecule has 2 heterocycles. The van der Waals surface area contributed by atoms with Crippen molar-refractivity contribution in [2.24, 2.45) is 11.5 Å². The Balaban J connectivity index is 1.41. The van der Waals surface area contributed by atoms with E-state index in [0.29, 0.717) is 19.3 Å². The average molecular weight is 592 g/mol. The first-order chi connectivity index (χ1) is 21.4. The Morgan fingerprint density at radius 3 is 1.80 bits per heavy atom. The second kappa shape index (κ2) is 14.6. The Morgan fingerprint density at radius 1 is 0.750 bits per heavy atom. The number of carbonyl (C=O) groups excluding carboxylic acids is 2. The number of amides is 1. The SMILES string of the molecule is NC(=O)C(=O)CC(N)(CCCCN1CCCC1)CCCc1cncn1C(c1ccccc1)(c1ccccc1)c1ccccc1. The number of primary amides is 1. The minimum atomic E-state index is -0.909. The van der Waals surface area contributed by atoms with Crippen molar-refractivity contribution in [2.45, 2.75) is 68.9 Å². The number of ketones is 1. The summed E-state index contributed by atoms with van der Waals surface area (Å²) in [7, 11) is 0. The third kappa shape index (κ3) is 7.17. The number of nitrogens with two attached hydrogens (primary N) is 2. The number of carbonyl (C=O) groups is 2. The first-order valence-corrected chi connectivity index (χ1v) is 15.9. The lowest BCUT2D eigenvalue weighted by molar-refractivity contribution is -0.136. The molecule has 5 rings (SSSR count). The van der Waals surface area contributed by atoms with Gasteiger partial charge in [-0.25, -0.2) is 4.98 Å². The molecule has 4 aromatic rings. The molecule has 1 saturated heterocycles. The van der Waals surface area contributed by atoms with E-state index in [-0.39, 0.29) is 6.42 Å². The van der Waals surface area contributed by atoms with Crippen LogP contribution in [-0.4, -0.2) is 51.3 Å². The number of aromatic nitrogens is 2. The number of nitrogens with zero attached hydrogens (tertiary/aromatic N) is 3. The van der Waals surface area contributed by atoms with Crippen LogP contribution in [0.4, 0.5) is 0 Å². The molecule has 3 aromatic carbocycles. The molecule has 1 fully saturated rings. The maximum atomic E-state index is 12.5. The summed E-state index contributed by atoms with van der Waals surface area (Å²) in [5, 5.41) is 0. The van der Waals surface area contributed by atoms with Gasteiger partial charge in [0, 0.05) is 23.9 Å². The number of Topliss-reactive ketones (excluding diaryl/α,β-unsaturated/α-hetero) is 1. The van der Waals surface area contributed by atoms with Gasteiger partial charge in [-0.3, -0.25) is 9.59 Å². The number of rotatable bonds is 16. The molecule has 1 aliphatic heterocycles. The number of hydrogen-bond donors (Lipinski definition) is 2. The summed E-state index contributed by atoms with van der Waals surface area (Å²) in [6.45, 7) is 3.38. The van der Waals surface area contributed by atoms with Crippen molar-refractivity contribution in [3.63, 3.8) is 0 Å². The molecule has 0 saturated carbocycles. The lowest BCUT2D eigenvalue weighted by Crippen LogP contribution is -2.44. The van der Waals surface area contributed by atoms with Crippen LogP contribution in [0.2, 0.25) is 0 Å². The highest BCUT2D eigenvalue weighted by molar-refractivity contribution is 6.35. The van der Waals surface area contributed by atoms with Crippen molar-refractivity contribution in [2.75, 3.05) is 19.6 Å². The lowest BCUT2D eigenvalue weighted by Gasteiger charge is -2.39. The largest absolute Gasteiger partial charge is 0.363 e. The second-order valence-corrected chi connectivity index (χ2v) is 12.2. The van der Waals surface area contributed by atoms with Crippen LogP contribution in [-0.2, 0) is 21.5 Å². The second-order valence-electron chi connectivity index (χ2n) is 12.2. The van der Waals surface area contributed by atoms with Crippen LogP contribution in [0.5, 0.6) is 0 Å². The maximum Gasteiger partial charge on any atom is 0.284 e. The Kier molecular flexibility index (Phi) is 10.4. The minimum absolute atomic E-state index is 0.0205. The molecule has 230 valence electrons. The van der Waals surface area contributed by atoms with Gasteiger partial charge in [-0.15, -0.1) is 0 Å². The first-order valence-electron chi connectivity index (χ1n) is 15.9. The van der Waals surface area contributed by atoms with E-state index in [1.165, 1.54) is 12.8 Å². The number of aryl methyl sites for hydroxylation is 1. The maximum absolute atomic E-state index is 12.5. The van der Waals surface area contributed by atoms with Crippen molar-refractivity contribution in [1.29, 1.82) is 0 Å². The molecule has 7 heteroatoms. The van der Waals surface area contributed by atoms with E-state index in [4.69, 9.17) is 11.5 Å². The molecule has 0 radical (unpaired) electrons. The lowest BCUT2D eigenvalue weighted by atomic mass is 9.76. The van der Waals surface area contributed by atoms with Gasteiger partial charge in [-0.05, 0) is 81.3 Å². The molecule has 7 nitrogen and oxygen atoms in total. The molecule has 1 atom stereocenters. The van der Waals surface area contributed by atoms with Crippen LogP contribution >= 0.6 is 0 Å². The van der Waals surface area contributed by atoms with Gasteiger partial charge in [0.1, 0.15) is 5.54 Å². The van der Waals surface area contributed by atoms with Crippen molar-refractivity contribution in [3.05, 3.63) is 126 Å². The van der Waals surface area contributed by atoms with Gasteiger partial charge < -0.3 is 20.9 Å². The van der Waals surface area contributed by atoms with E-state index in [9.17, 15) is 9.59 Å². The van der Waals surface area contributed by atoms with Gasteiger partial charge in [0.15, 0.2) is 0 Å². The Hall–Kier alpha value is -4.07. The predicted octanol–water partition coefficient (Wildman–Crippen LogP) is 5.45. The highest BCUT2D eigenvalue weighted by atomic mass is 16.2. The van der Waals surface area contributed by atoms with Gasteiger partial charge in [-0.1, -0.05) is 97.4 Å². The number of imidazole rings is 1. The fourth-order valence-electron chi connectivity index (χ4n) is 6.91. The molecule has 0 aliphatic carbocycles. The average Bonchev–Trinajstić information content (AvgIpc) is 3.75. The highest BCUT2D eigenvalue weighted by Gasteiger charge is 2.39. The Bertz CT molecular complexity index is 1390. The minimum Gasteiger partial charge on any atom is -0.363 e. The Morgan fingerprint density at radius 2 is 1.27 bits per heavy atom. The zero-order valence-corrected chi connectivity index (χ0v) is 25.6. The highest BCUT2D eigenvalue weighted by Crippen LogP contribution is 2.41. The standard InChI is InChI=1S/C37H45N5O2/c38-35(44)34(43)27-36(39,22-10-11-24-41-25-12-13-26-41)23-14-21-33-28-40-29-42(33)37(30-15-4-1-5-16-30,31-17-6-2-7-18-31)32-19-8-3-9-20-32/h1-9,15-20,28-29H,10-14,21-27,39H2,(H2,38,44). The van der Waals surface area contributed by atoms with Crippen LogP contribution in [0.25, 0.3) is 0 Å². The van der Waals surface area contributed by atoms with E-state index in [0.717, 1.165) is 61.3 Å². The van der Waals surface area contributed by atoms with Crippen LogP contribution < -0.4 is 11.5 Å². The summed E-state index contributed by atoms with van der Waals surface area (Å²) in [5.74, 6) is -1.50. The normalized spacial score (nSPS) is 15.2. The van der Waals surface area contributed by atoms with E-state index < -0.39 is 22.8 Å². The smallest absolute Gasteiger partial charge is 0.284 e. The monoisotopic (exact) mass is 591 g/mol. The summed E-state index contributed by atoms with van der Waals surface area (Å²) in [6.07, 6.45) is 11.1. The van der Waals surface area contributed by atoms with Gasteiger partial charge in [0.2, 0.25) is 5.78 Å². The molecule has 44 heavy (non-hydrogen) atoms. The van der Waals surface area contributed by atoms with Gasteiger partial charge in [0.05, 0.1) is 6.33 Å². The van der Waals surface area contributed by atoms with E-state index in [1.807, 2.05) is 30.7 Å². The molecule has 1 unspecified atom stereocenters. The van der Waals surface area contributed by atoms with Crippen LogP contribution in [0.1, 0.15) is 73.8 Å². The van der Waals surface area contributed by atoms with E-state index in [2.05, 4.69) is 87.2 Å². The summed E-state index contributed by atoms with van der Waals surface area (Å²) in [6, 6.07) is 31.6. The molecule has 4 N–H and O–H groups in total. The third-order valence-electron chi connectivity index (χ3n) is 9.14. The number of benzene rings is 3. The zero-order chi connectivity index (χ0) is 30.8. The molecule has 1 aromatic heterocycles. The van der Waals surface area contributed by atoms with Crippen LogP contribution in [0, 0.1) is 0 Å². The topological polar surface area (TPSA) is 107 Å². The van der Waals surface area contributed by atoms with Crippen molar-refractivity contribution >= 4 is 11.7 Å². The molecule has 0 spiro atoms. The quantitative estimate of drug-likeness (QED) is 0.102. The number of hydrogen-bond acceptors (Lipinski definition) is 5. The molecular weight excluding hydrogens is 546 g/mol. The van der Waals surface area contributed by atoms with Crippen LogP contribution in [0.15, 0.2) is 104 Å². The molecule has 1 aliphatic rings. The third-order valence-corrected chi connectivity index (χ3v) is 9.14. The molecule has 1 amide bonds. The van der Waals surface area contributed by atoms with Gasteiger partial charge in [-0.2, -0.15) is 0 Å². The van der Waals surface area contributed by atoms with Crippen molar-refractivity contribution in [1.82, 2.24) is 14.5 Å². The van der Waals surface area contributed by atoms with Gasteiger partial charge >= 0.3 is 0 Å². The summed E-state index contributed by atoms with van der Waals surface area (Å²) in [5.41, 5.74) is 15.3. The predicted molar refractivity (Wildman–Crippen MR) is 175 cm³/mol. The fraction of sp³-hybridized carbons (Fsp3) is 0.378. The summed E-state index contributed by atoms with van der Waals surface area (Å²) in [4.78, 5) is 31.3.